The lowest BCUT2D eigenvalue weighted by atomic mass is 10.2. The van der Waals surface area contributed by atoms with Crippen LogP contribution < -0.4 is 0 Å². The van der Waals surface area contributed by atoms with E-state index in [4.69, 9.17) is 20.4 Å². The van der Waals surface area contributed by atoms with Gasteiger partial charge in [0.1, 0.15) is 0 Å². The maximum atomic E-state index is 9.90. The zero-order valence-electron chi connectivity index (χ0n) is 11.9. The Morgan fingerprint density at radius 3 is 0.682 bits per heavy atom. The normalized spacial score (nSPS) is 8.36. The van der Waals surface area contributed by atoms with Gasteiger partial charge in [0.15, 0.2) is 0 Å². The highest BCUT2D eigenvalue weighted by Gasteiger charge is 1.99. The maximum Gasteiger partial charge on any atom is 0.303 e. The van der Waals surface area contributed by atoms with E-state index in [0.29, 0.717) is 25.7 Å². The Morgan fingerprint density at radius 2 is 0.591 bits per heavy atom. The van der Waals surface area contributed by atoms with Crippen molar-refractivity contribution in [1.29, 1.82) is 0 Å². The summed E-state index contributed by atoms with van der Waals surface area (Å²) in [6.45, 7) is 0. The molecule has 8 nitrogen and oxygen atoms in total. The number of halogens is 2. The van der Waals surface area contributed by atoms with Gasteiger partial charge in [0.05, 0.1) is 0 Å². The largest absolute Gasteiger partial charge is 0.481 e. The van der Waals surface area contributed by atoms with Crippen LogP contribution in [-0.4, -0.2) is 44.3 Å². The van der Waals surface area contributed by atoms with Crippen molar-refractivity contribution in [3.63, 3.8) is 0 Å². The van der Waals surface area contributed by atoms with Crippen LogP contribution in [-0.2, 0) is 19.2 Å². The third kappa shape index (κ3) is 36.2. The minimum atomic E-state index is -0.870. The molecule has 132 valence electrons. The van der Waals surface area contributed by atoms with E-state index in [1.807, 2.05) is 0 Å². The van der Waals surface area contributed by atoms with Gasteiger partial charge in [0.25, 0.3) is 0 Å². The first-order valence-electron chi connectivity index (χ1n) is 6.13. The number of aliphatic carboxylic acids is 4. The topological polar surface area (TPSA) is 149 Å². The van der Waals surface area contributed by atoms with Gasteiger partial charge in [0, 0.05) is 25.7 Å². The molecule has 10 heteroatoms. The first-order chi connectivity index (χ1) is 9.25. The molecule has 0 unspecified atom stereocenters. The summed E-state index contributed by atoms with van der Waals surface area (Å²) in [5.41, 5.74) is 0. The molecule has 0 aromatic heterocycles. The molecule has 0 atom stereocenters. The molecule has 0 aromatic rings. The smallest absolute Gasteiger partial charge is 0.303 e. The van der Waals surface area contributed by atoms with Crippen molar-refractivity contribution in [2.75, 3.05) is 0 Å². The van der Waals surface area contributed by atoms with Gasteiger partial charge in [-0.15, -0.1) is 24.8 Å². The van der Waals surface area contributed by atoms with Crippen LogP contribution in [0.3, 0.4) is 0 Å². The predicted molar refractivity (Wildman–Crippen MR) is 82.0 cm³/mol. The van der Waals surface area contributed by atoms with Crippen molar-refractivity contribution in [3.8, 4) is 0 Å². The summed E-state index contributed by atoms with van der Waals surface area (Å²) >= 11 is 0. The minimum Gasteiger partial charge on any atom is -0.481 e. The summed E-state index contributed by atoms with van der Waals surface area (Å²) in [4.78, 5) is 39.6. The molecule has 0 heterocycles. The lowest BCUT2D eigenvalue weighted by Gasteiger charge is -1.92. The fourth-order valence-corrected chi connectivity index (χ4v) is 1.10. The number of rotatable bonds is 10. The third-order valence-electron chi connectivity index (χ3n) is 2.06. The molecule has 0 rings (SSSR count). The second-order valence-electron chi connectivity index (χ2n) is 3.99. The van der Waals surface area contributed by atoms with E-state index in [9.17, 15) is 19.2 Å². The van der Waals surface area contributed by atoms with Crippen molar-refractivity contribution >= 4 is 48.7 Å². The maximum absolute atomic E-state index is 9.90. The molecular formula is C12H22Cl2O8. The Balaban J connectivity index is -0.000000135. The first-order valence-corrected chi connectivity index (χ1v) is 6.13. The van der Waals surface area contributed by atoms with E-state index in [1.165, 1.54) is 0 Å². The fraction of sp³-hybridized carbons (Fsp3) is 0.667. The van der Waals surface area contributed by atoms with E-state index in [2.05, 4.69) is 0 Å². The minimum absolute atomic E-state index is 0. The summed E-state index contributed by atoms with van der Waals surface area (Å²) in [6, 6.07) is 0. The average Bonchev–Trinajstić information content (AvgIpc) is 2.30. The first kappa shape index (κ1) is 28.6. The van der Waals surface area contributed by atoms with Gasteiger partial charge in [-0.2, -0.15) is 0 Å². The van der Waals surface area contributed by atoms with Crippen LogP contribution in [0.4, 0.5) is 0 Å². The van der Waals surface area contributed by atoms with Gasteiger partial charge < -0.3 is 20.4 Å². The molecule has 0 amide bonds. The molecule has 0 saturated carbocycles. The molecule has 4 N–H and O–H groups in total. The molecule has 0 aliphatic carbocycles. The third-order valence-corrected chi connectivity index (χ3v) is 2.06. The van der Waals surface area contributed by atoms with E-state index < -0.39 is 23.9 Å². The van der Waals surface area contributed by atoms with Gasteiger partial charge in [-0.05, 0) is 25.7 Å². The van der Waals surface area contributed by atoms with Gasteiger partial charge in [-0.1, -0.05) is 0 Å². The number of carboxylic acid groups (broad SMARTS) is 4. The Labute approximate surface area is 140 Å². The summed E-state index contributed by atoms with van der Waals surface area (Å²) < 4.78 is 0. The van der Waals surface area contributed by atoms with Gasteiger partial charge >= 0.3 is 23.9 Å². The standard InChI is InChI=1S/2C6H10O4.2ClH/c2*7-5(8)3-1-2-4-6(9)10;;/h2*1-4H2,(H,7,8)(H,9,10);2*1H. The van der Waals surface area contributed by atoms with Crippen LogP contribution in [0.2, 0.25) is 0 Å². The van der Waals surface area contributed by atoms with Crippen LogP contribution in [0, 0.1) is 0 Å². The molecule has 0 aromatic carbocycles. The molecule has 0 aliphatic rings. The zero-order chi connectivity index (χ0) is 16.0. The lowest BCUT2D eigenvalue weighted by molar-refractivity contribution is -0.139. The van der Waals surface area contributed by atoms with Crippen LogP contribution in [0.15, 0.2) is 0 Å². The molecule has 0 fully saturated rings. The summed E-state index contributed by atoms with van der Waals surface area (Å²) in [6.07, 6.45) is 2.04. The van der Waals surface area contributed by atoms with Crippen molar-refractivity contribution < 1.29 is 39.6 Å². The number of hydrogen-bond donors (Lipinski definition) is 4. The molecule has 0 aliphatic heterocycles. The van der Waals surface area contributed by atoms with Gasteiger partial charge in [-0.3, -0.25) is 19.2 Å². The van der Waals surface area contributed by atoms with Crippen molar-refractivity contribution in [3.05, 3.63) is 0 Å². The highest BCUT2D eigenvalue weighted by Crippen LogP contribution is 1.99. The summed E-state index contributed by atoms with van der Waals surface area (Å²) in [7, 11) is 0. The van der Waals surface area contributed by atoms with Gasteiger partial charge in [-0.25, -0.2) is 0 Å². The lowest BCUT2D eigenvalue weighted by Crippen LogP contribution is -1.97. The SMILES string of the molecule is Cl.Cl.O=C(O)CCCCC(=O)O.O=C(O)CCCCC(=O)O. The highest BCUT2D eigenvalue weighted by molar-refractivity contribution is 5.85. The Kier molecular flexibility index (Phi) is 25.3. The Morgan fingerprint density at radius 1 is 0.455 bits per heavy atom. The Hall–Kier alpha value is -1.54. The van der Waals surface area contributed by atoms with Gasteiger partial charge in [0.2, 0.25) is 0 Å². The summed E-state index contributed by atoms with van der Waals surface area (Å²) in [5.74, 6) is -3.48. The highest BCUT2D eigenvalue weighted by atomic mass is 35.5. The van der Waals surface area contributed by atoms with Crippen molar-refractivity contribution in [2.45, 2.75) is 51.4 Å². The van der Waals surface area contributed by atoms with Crippen LogP contribution in [0.5, 0.6) is 0 Å². The molecular weight excluding hydrogens is 343 g/mol. The number of carboxylic acids is 4. The quantitative estimate of drug-likeness (QED) is 0.431. The van der Waals surface area contributed by atoms with Crippen LogP contribution >= 0.6 is 24.8 Å². The fourth-order valence-electron chi connectivity index (χ4n) is 1.10. The number of unbranched alkanes of at least 4 members (excludes halogenated alkanes) is 2. The van der Waals surface area contributed by atoms with Crippen molar-refractivity contribution in [2.24, 2.45) is 0 Å². The number of carbonyl (C=O) groups is 4. The monoisotopic (exact) mass is 364 g/mol. The molecule has 0 bridgehead atoms. The predicted octanol–water partition coefficient (Wildman–Crippen LogP) is 2.28. The van der Waals surface area contributed by atoms with E-state index in [0.717, 1.165) is 0 Å². The number of hydrogen-bond acceptors (Lipinski definition) is 4. The van der Waals surface area contributed by atoms with Crippen LogP contribution in [0.25, 0.3) is 0 Å². The second kappa shape index (κ2) is 19.5. The zero-order valence-corrected chi connectivity index (χ0v) is 13.5. The molecule has 0 saturated heterocycles. The average molecular weight is 365 g/mol. The Bertz CT molecular complexity index is 269. The van der Waals surface area contributed by atoms with E-state index >= 15 is 0 Å². The van der Waals surface area contributed by atoms with E-state index in [1.54, 1.807) is 0 Å². The molecule has 0 spiro atoms. The molecule has 0 radical (unpaired) electrons. The second-order valence-corrected chi connectivity index (χ2v) is 3.99. The molecule has 22 heavy (non-hydrogen) atoms. The van der Waals surface area contributed by atoms with Crippen molar-refractivity contribution in [1.82, 2.24) is 0 Å². The van der Waals surface area contributed by atoms with Crippen LogP contribution in [0.1, 0.15) is 51.4 Å². The summed E-state index contributed by atoms with van der Waals surface area (Å²) in [5, 5.41) is 32.5. The van der Waals surface area contributed by atoms with E-state index in [-0.39, 0.29) is 50.5 Å².